The van der Waals surface area contributed by atoms with E-state index in [1.54, 1.807) is 43.4 Å². The van der Waals surface area contributed by atoms with Gasteiger partial charge in [-0.15, -0.1) is 0 Å². The van der Waals surface area contributed by atoms with Gasteiger partial charge in [-0.25, -0.2) is 0 Å². The lowest BCUT2D eigenvalue weighted by atomic mass is 9.76. The first-order valence-corrected chi connectivity index (χ1v) is 10.00. The molecule has 0 spiro atoms. The average molecular weight is 422 g/mol. The Kier molecular flexibility index (Phi) is 5.46. The van der Waals surface area contributed by atoms with E-state index in [4.69, 9.17) is 9.47 Å². The Hall–Kier alpha value is -3.68. The number of benzene rings is 2. The monoisotopic (exact) mass is 422 g/mol. The molecule has 1 heterocycles. The summed E-state index contributed by atoms with van der Waals surface area (Å²) in [5.74, 6) is 0.612. The summed E-state index contributed by atoms with van der Waals surface area (Å²) in [4.78, 5) is 38.4. The maximum absolute atomic E-state index is 13.3. The molecule has 4 rings (SSSR count). The summed E-state index contributed by atoms with van der Waals surface area (Å²) in [7, 11) is 3.11. The number of hydrogen-bond acceptors (Lipinski definition) is 6. The molecule has 1 aliphatic heterocycles. The number of carbonyl (C=O) groups excluding carboxylic acids is 2. The van der Waals surface area contributed by atoms with Gasteiger partial charge in [-0.3, -0.25) is 24.6 Å². The van der Waals surface area contributed by atoms with Gasteiger partial charge >= 0.3 is 0 Å². The largest absolute Gasteiger partial charge is 0.497 e. The molecule has 31 heavy (non-hydrogen) atoms. The van der Waals surface area contributed by atoms with Crippen LogP contribution in [0.2, 0.25) is 0 Å². The van der Waals surface area contributed by atoms with Gasteiger partial charge in [-0.1, -0.05) is 0 Å². The van der Waals surface area contributed by atoms with E-state index in [1.165, 1.54) is 12.1 Å². The van der Waals surface area contributed by atoms with Gasteiger partial charge in [-0.2, -0.15) is 0 Å². The van der Waals surface area contributed by atoms with Crippen LogP contribution in [0.15, 0.2) is 53.7 Å². The fourth-order valence-electron chi connectivity index (χ4n) is 4.39. The number of nitro benzene ring substituents is 1. The third-order valence-corrected chi connectivity index (χ3v) is 5.81. The zero-order valence-corrected chi connectivity index (χ0v) is 17.3. The Bertz CT molecular complexity index is 1090. The molecule has 1 amide bonds. The minimum Gasteiger partial charge on any atom is -0.497 e. The molecule has 0 bridgehead atoms. The number of anilines is 1. The number of allylic oxidation sites excluding steroid dienone is 2. The molecule has 0 aromatic heterocycles. The highest BCUT2D eigenvalue weighted by atomic mass is 16.6. The lowest BCUT2D eigenvalue weighted by Gasteiger charge is -2.38. The van der Waals surface area contributed by atoms with Gasteiger partial charge < -0.3 is 9.47 Å². The summed E-state index contributed by atoms with van der Waals surface area (Å²) in [6.45, 7) is 0. The highest BCUT2D eigenvalue weighted by molar-refractivity contribution is 6.07. The summed E-state index contributed by atoms with van der Waals surface area (Å²) in [6, 6.07) is 11.2. The van der Waals surface area contributed by atoms with Crippen molar-refractivity contribution in [3.8, 4) is 11.5 Å². The maximum Gasteiger partial charge on any atom is 0.269 e. The summed E-state index contributed by atoms with van der Waals surface area (Å²) >= 11 is 0. The van der Waals surface area contributed by atoms with E-state index >= 15 is 0 Å². The van der Waals surface area contributed by atoms with Crippen LogP contribution in [-0.4, -0.2) is 30.8 Å². The molecule has 2 aromatic rings. The molecule has 8 nitrogen and oxygen atoms in total. The summed E-state index contributed by atoms with van der Waals surface area (Å²) in [5.41, 5.74) is 2.48. The zero-order valence-electron chi connectivity index (χ0n) is 17.3. The number of ketones is 1. The van der Waals surface area contributed by atoms with Crippen LogP contribution in [0.3, 0.4) is 0 Å². The average Bonchev–Trinajstić information content (AvgIpc) is 2.78. The van der Waals surface area contributed by atoms with E-state index in [2.05, 4.69) is 0 Å². The summed E-state index contributed by atoms with van der Waals surface area (Å²) < 4.78 is 10.9. The minimum atomic E-state index is -0.484. The predicted molar refractivity (Wildman–Crippen MR) is 113 cm³/mol. The second-order valence-electron chi connectivity index (χ2n) is 7.50. The third-order valence-electron chi connectivity index (χ3n) is 5.81. The van der Waals surface area contributed by atoms with Crippen molar-refractivity contribution in [3.63, 3.8) is 0 Å². The SMILES string of the molecule is COc1ccc(OC)c(C2CC(=O)N(c3ccc([N+](=O)[O-])cc3)C3=C2C(=O)CCC3)c1. The van der Waals surface area contributed by atoms with Gasteiger partial charge in [0.2, 0.25) is 5.91 Å². The zero-order chi connectivity index (χ0) is 22.1. The number of nitro groups is 1. The molecule has 0 N–H and O–H groups in total. The number of ether oxygens (including phenoxy) is 2. The number of Topliss-reactive ketones (excluding diaryl/α,β-unsaturated/α-hetero) is 1. The van der Waals surface area contributed by atoms with Gasteiger partial charge in [0.15, 0.2) is 5.78 Å². The number of nitrogens with zero attached hydrogens (tertiary/aromatic N) is 2. The molecule has 2 aliphatic rings. The Morgan fingerprint density at radius 2 is 1.77 bits per heavy atom. The Morgan fingerprint density at radius 3 is 2.42 bits per heavy atom. The van der Waals surface area contributed by atoms with Crippen molar-refractivity contribution in [2.24, 2.45) is 0 Å². The van der Waals surface area contributed by atoms with Crippen LogP contribution in [-0.2, 0) is 9.59 Å². The normalized spacial score (nSPS) is 18.6. The standard InChI is InChI=1S/C23H22N2O6/c1-30-16-10-11-21(31-2)17(12-16)18-13-22(27)24(19-4-3-5-20(26)23(18)19)14-6-8-15(9-7-14)25(28)29/h6-12,18H,3-5,13H2,1-2H3. The molecule has 0 saturated carbocycles. The van der Waals surface area contributed by atoms with Gasteiger partial charge in [0.25, 0.3) is 5.69 Å². The number of carbonyl (C=O) groups is 2. The van der Waals surface area contributed by atoms with Crippen molar-refractivity contribution in [2.45, 2.75) is 31.6 Å². The number of methoxy groups -OCH3 is 2. The number of amides is 1. The number of hydrogen-bond donors (Lipinski definition) is 0. The second-order valence-corrected chi connectivity index (χ2v) is 7.50. The summed E-state index contributed by atoms with van der Waals surface area (Å²) in [6.07, 6.45) is 1.73. The fraction of sp³-hybridized carbons (Fsp3) is 0.304. The predicted octanol–water partition coefficient (Wildman–Crippen LogP) is 4.14. The van der Waals surface area contributed by atoms with Crippen molar-refractivity contribution in [3.05, 3.63) is 69.4 Å². The van der Waals surface area contributed by atoms with Crippen LogP contribution in [0.25, 0.3) is 0 Å². The van der Waals surface area contributed by atoms with Crippen molar-refractivity contribution >= 4 is 23.1 Å². The molecule has 1 unspecified atom stereocenters. The lowest BCUT2D eigenvalue weighted by molar-refractivity contribution is -0.384. The molecule has 0 saturated heterocycles. The molecule has 2 aromatic carbocycles. The quantitative estimate of drug-likeness (QED) is 0.530. The first-order chi connectivity index (χ1) is 14.9. The van der Waals surface area contributed by atoms with Crippen LogP contribution in [0.4, 0.5) is 11.4 Å². The molecule has 0 fully saturated rings. The summed E-state index contributed by atoms with van der Waals surface area (Å²) in [5, 5.41) is 11.0. The van der Waals surface area contributed by atoms with Crippen LogP contribution in [0, 0.1) is 10.1 Å². The molecule has 8 heteroatoms. The van der Waals surface area contributed by atoms with E-state index in [-0.39, 0.29) is 23.8 Å². The highest BCUT2D eigenvalue weighted by Gasteiger charge is 2.40. The molecule has 160 valence electrons. The first kappa shape index (κ1) is 20.6. The first-order valence-electron chi connectivity index (χ1n) is 10.00. The Balaban J connectivity index is 1.85. The van der Waals surface area contributed by atoms with Gasteiger partial charge in [0.1, 0.15) is 11.5 Å². The second kappa shape index (κ2) is 8.22. The number of rotatable bonds is 5. The van der Waals surface area contributed by atoms with Crippen molar-refractivity contribution in [2.75, 3.05) is 19.1 Å². The lowest BCUT2D eigenvalue weighted by Crippen LogP contribution is -2.40. The minimum absolute atomic E-state index is 0.00975. The topological polar surface area (TPSA) is 99.0 Å². The number of non-ortho nitro benzene ring substituents is 1. The van der Waals surface area contributed by atoms with Crippen molar-refractivity contribution < 1.29 is 24.0 Å². The molecule has 1 aliphatic carbocycles. The van der Waals surface area contributed by atoms with Crippen LogP contribution >= 0.6 is 0 Å². The third kappa shape index (κ3) is 3.65. The van der Waals surface area contributed by atoms with E-state index < -0.39 is 10.8 Å². The van der Waals surface area contributed by atoms with Crippen LogP contribution in [0.5, 0.6) is 11.5 Å². The van der Waals surface area contributed by atoms with Gasteiger partial charge in [-0.05, 0) is 43.2 Å². The molecular formula is C23H22N2O6. The van der Waals surface area contributed by atoms with E-state index in [0.29, 0.717) is 47.7 Å². The maximum atomic E-state index is 13.3. The van der Waals surface area contributed by atoms with E-state index in [9.17, 15) is 19.7 Å². The van der Waals surface area contributed by atoms with Crippen LogP contribution < -0.4 is 14.4 Å². The van der Waals surface area contributed by atoms with E-state index in [0.717, 1.165) is 5.56 Å². The highest BCUT2D eigenvalue weighted by Crippen LogP contribution is 2.46. The van der Waals surface area contributed by atoms with Gasteiger partial charge in [0.05, 0.1) is 19.1 Å². The van der Waals surface area contributed by atoms with Gasteiger partial charge in [0, 0.05) is 53.4 Å². The van der Waals surface area contributed by atoms with E-state index in [1.807, 2.05) is 6.07 Å². The fourth-order valence-corrected chi connectivity index (χ4v) is 4.39. The van der Waals surface area contributed by atoms with Crippen LogP contribution in [0.1, 0.15) is 37.2 Å². The van der Waals surface area contributed by atoms with Crippen molar-refractivity contribution in [1.82, 2.24) is 0 Å². The molecule has 0 radical (unpaired) electrons. The Morgan fingerprint density at radius 1 is 1.03 bits per heavy atom. The molecular weight excluding hydrogens is 400 g/mol. The smallest absolute Gasteiger partial charge is 0.269 e. The van der Waals surface area contributed by atoms with Crippen molar-refractivity contribution in [1.29, 1.82) is 0 Å². The molecule has 1 atom stereocenters. The Labute approximate surface area is 179 Å².